The van der Waals surface area contributed by atoms with Gasteiger partial charge < -0.3 is 10.2 Å². The second kappa shape index (κ2) is 15.2. The molecule has 4 aromatic carbocycles. The van der Waals surface area contributed by atoms with Crippen molar-refractivity contribution in [3.8, 4) is 0 Å². The molecule has 1 fully saturated rings. The summed E-state index contributed by atoms with van der Waals surface area (Å²) in [4.78, 5) is 30.4. The number of halogens is 1. The average Bonchev–Trinajstić information content (AvgIpc) is 3.57. The third-order valence-electron chi connectivity index (χ3n) is 8.77. The fraction of sp³-hybridized carbons (Fsp3) is 0.316. The molecule has 0 spiro atoms. The maximum absolute atomic E-state index is 14.7. The Morgan fingerprint density at radius 2 is 1.45 bits per heavy atom. The molecular weight excluding hydrogens is 630 g/mol. The Kier molecular flexibility index (Phi) is 11.0. The van der Waals surface area contributed by atoms with Crippen LogP contribution in [0.1, 0.15) is 53.5 Å². The maximum atomic E-state index is 14.7. The second-order valence-corrected chi connectivity index (χ2v) is 14.8. The zero-order valence-corrected chi connectivity index (χ0v) is 28.7. The molecule has 1 aliphatic carbocycles. The van der Waals surface area contributed by atoms with Crippen molar-refractivity contribution >= 4 is 39.1 Å². The number of hydrogen-bond acceptors (Lipinski definition) is 4. The van der Waals surface area contributed by atoms with Crippen LogP contribution in [-0.2, 0) is 32.6 Å². The Bertz CT molecular complexity index is 1790. The molecule has 7 nitrogen and oxygen atoms in total. The van der Waals surface area contributed by atoms with Gasteiger partial charge in [-0.15, -0.1) is 0 Å². The summed E-state index contributed by atoms with van der Waals surface area (Å²) in [5.74, 6) is -0.740. The summed E-state index contributed by atoms with van der Waals surface area (Å²) in [5, 5.41) is 3.55. The maximum Gasteiger partial charge on any atom is 0.264 e. The lowest BCUT2D eigenvalue weighted by atomic mass is 10.0. The van der Waals surface area contributed by atoms with Gasteiger partial charge in [-0.1, -0.05) is 108 Å². The molecule has 0 bridgehead atoms. The first-order chi connectivity index (χ1) is 22.5. The molecule has 0 radical (unpaired) electrons. The van der Waals surface area contributed by atoms with E-state index < -0.39 is 28.5 Å². The number of aryl methyl sites for hydroxylation is 3. The molecule has 0 saturated heterocycles. The van der Waals surface area contributed by atoms with Crippen LogP contribution in [0, 0.1) is 20.8 Å². The lowest BCUT2D eigenvalue weighted by Gasteiger charge is -2.34. The number of benzene rings is 4. The summed E-state index contributed by atoms with van der Waals surface area (Å²) in [7, 11) is -4.21. The van der Waals surface area contributed by atoms with E-state index in [4.69, 9.17) is 11.6 Å². The minimum atomic E-state index is -4.21. The van der Waals surface area contributed by atoms with E-state index in [0.29, 0.717) is 16.3 Å². The van der Waals surface area contributed by atoms with E-state index in [1.165, 1.54) is 0 Å². The number of anilines is 1. The molecule has 1 N–H and O–H groups in total. The molecule has 0 aromatic heterocycles. The lowest BCUT2D eigenvalue weighted by Crippen LogP contribution is -2.54. The fourth-order valence-corrected chi connectivity index (χ4v) is 7.65. The number of nitrogens with zero attached hydrogens (tertiary/aromatic N) is 2. The monoisotopic (exact) mass is 671 g/mol. The molecule has 47 heavy (non-hydrogen) atoms. The van der Waals surface area contributed by atoms with Gasteiger partial charge in [-0.25, -0.2) is 8.42 Å². The van der Waals surface area contributed by atoms with Crippen LogP contribution in [0.25, 0.3) is 0 Å². The van der Waals surface area contributed by atoms with Crippen LogP contribution in [0.4, 0.5) is 5.69 Å². The van der Waals surface area contributed by atoms with Crippen molar-refractivity contribution in [3.63, 3.8) is 0 Å². The van der Waals surface area contributed by atoms with Gasteiger partial charge in [0.05, 0.1) is 10.6 Å². The largest absolute Gasteiger partial charge is 0.352 e. The SMILES string of the molecule is Cc1ccc(CN(C(=O)CN(c2cc(Cl)ccc2C)S(=O)(=O)c2ccc(C)cc2)[C@H](Cc2ccccc2)C(=O)NC2CCCC2)cc1. The third-order valence-corrected chi connectivity index (χ3v) is 10.8. The summed E-state index contributed by atoms with van der Waals surface area (Å²) >= 11 is 6.39. The topological polar surface area (TPSA) is 86.8 Å². The Morgan fingerprint density at radius 1 is 0.830 bits per heavy atom. The molecule has 1 atom stereocenters. The molecule has 0 unspecified atom stereocenters. The van der Waals surface area contributed by atoms with Gasteiger partial charge in [0.1, 0.15) is 12.6 Å². The van der Waals surface area contributed by atoms with Gasteiger partial charge in [0.15, 0.2) is 0 Å². The highest BCUT2D eigenvalue weighted by atomic mass is 35.5. The smallest absolute Gasteiger partial charge is 0.264 e. The van der Waals surface area contributed by atoms with Gasteiger partial charge in [-0.05, 0) is 74.6 Å². The van der Waals surface area contributed by atoms with Gasteiger partial charge in [0, 0.05) is 24.0 Å². The van der Waals surface area contributed by atoms with E-state index >= 15 is 0 Å². The molecule has 9 heteroatoms. The average molecular weight is 672 g/mol. The van der Waals surface area contributed by atoms with E-state index in [1.807, 2.05) is 68.4 Å². The Labute approximate surface area is 283 Å². The molecule has 1 saturated carbocycles. The molecule has 0 heterocycles. The van der Waals surface area contributed by atoms with Crippen molar-refractivity contribution in [2.45, 2.75) is 76.4 Å². The van der Waals surface area contributed by atoms with Crippen molar-refractivity contribution in [3.05, 3.63) is 130 Å². The van der Waals surface area contributed by atoms with E-state index in [1.54, 1.807) is 54.3 Å². The zero-order chi connectivity index (χ0) is 33.6. The van der Waals surface area contributed by atoms with Gasteiger partial charge in [-0.2, -0.15) is 0 Å². The van der Waals surface area contributed by atoms with E-state index in [9.17, 15) is 18.0 Å². The predicted molar refractivity (Wildman–Crippen MR) is 188 cm³/mol. The van der Waals surface area contributed by atoms with Gasteiger partial charge in [0.2, 0.25) is 11.8 Å². The Morgan fingerprint density at radius 3 is 2.09 bits per heavy atom. The molecule has 2 amide bonds. The van der Waals surface area contributed by atoms with E-state index in [0.717, 1.165) is 52.2 Å². The normalized spacial score (nSPS) is 14.0. The van der Waals surface area contributed by atoms with E-state index in [-0.39, 0.29) is 29.8 Å². The van der Waals surface area contributed by atoms with Crippen molar-refractivity contribution in [2.75, 3.05) is 10.8 Å². The fourth-order valence-electron chi connectivity index (χ4n) is 6.01. The second-order valence-electron chi connectivity index (χ2n) is 12.5. The zero-order valence-electron chi connectivity index (χ0n) is 27.2. The number of amides is 2. The summed E-state index contributed by atoms with van der Waals surface area (Å²) in [6.45, 7) is 5.25. The van der Waals surface area contributed by atoms with Gasteiger partial charge in [0.25, 0.3) is 10.0 Å². The quantitative estimate of drug-likeness (QED) is 0.173. The number of carbonyl (C=O) groups excluding carboxylic acids is 2. The highest BCUT2D eigenvalue weighted by Gasteiger charge is 2.36. The summed E-state index contributed by atoms with van der Waals surface area (Å²) in [6.07, 6.45) is 4.16. The summed E-state index contributed by atoms with van der Waals surface area (Å²) < 4.78 is 29.8. The minimum absolute atomic E-state index is 0.0459. The number of nitrogens with one attached hydrogen (secondary N) is 1. The van der Waals surface area contributed by atoms with Crippen molar-refractivity contribution < 1.29 is 18.0 Å². The first-order valence-corrected chi connectivity index (χ1v) is 17.9. The van der Waals surface area contributed by atoms with Crippen LogP contribution in [-0.4, -0.2) is 43.8 Å². The molecule has 0 aliphatic heterocycles. The van der Waals surface area contributed by atoms with Crippen molar-refractivity contribution in [1.82, 2.24) is 10.2 Å². The molecule has 5 rings (SSSR count). The molecular formula is C38H42ClN3O4S. The third kappa shape index (κ3) is 8.62. The first kappa shape index (κ1) is 34.2. The highest BCUT2D eigenvalue weighted by Crippen LogP contribution is 2.30. The number of sulfonamides is 1. The summed E-state index contributed by atoms with van der Waals surface area (Å²) in [5.41, 5.74) is 4.66. The first-order valence-electron chi connectivity index (χ1n) is 16.1. The molecule has 4 aromatic rings. The van der Waals surface area contributed by atoms with Crippen LogP contribution in [0.3, 0.4) is 0 Å². The number of rotatable bonds is 12. The Hall–Kier alpha value is -4.14. The van der Waals surface area contributed by atoms with Gasteiger partial charge in [-0.3, -0.25) is 13.9 Å². The highest BCUT2D eigenvalue weighted by molar-refractivity contribution is 7.92. The van der Waals surface area contributed by atoms with Crippen molar-refractivity contribution in [2.24, 2.45) is 0 Å². The Balaban J connectivity index is 1.58. The number of carbonyl (C=O) groups is 2. The van der Waals surface area contributed by atoms with Crippen LogP contribution in [0.5, 0.6) is 0 Å². The molecule has 1 aliphatic rings. The minimum Gasteiger partial charge on any atom is -0.352 e. The van der Waals surface area contributed by atoms with Crippen LogP contribution >= 0.6 is 11.6 Å². The lowest BCUT2D eigenvalue weighted by molar-refractivity contribution is -0.140. The van der Waals surface area contributed by atoms with Crippen LogP contribution in [0.15, 0.2) is 102 Å². The standard InChI is InChI=1S/C38H42ClN3O4S/c1-27-13-18-31(19-14-27)25-41(36(23-30-9-5-4-6-10-30)38(44)40-33-11-7-8-12-33)37(43)26-42(35-24-32(39)20-17-29(35)3)47(45,46)34-21-15-28(2)16-22-34/h4-6,9-10,13-22,24,33,36H,7-8,11-12,23,25-26H2,1-3H3,(H,40,44)/t36-/m1/s1. The van der Waals surface area contributed by atoms with Crippen LogP contribution in [0.2, 0.25) is 5.02 Å². The molecule has 246 valence electrons. The number of hydrogen-bond donors (Lipinski definition) is 1. The van der Waals surface area contributed by atoms with Crippen LogP contribution < -0.4 is 9.62 Å². The summed E-state index contributed by atoms with van der Waals surface area (Å²) in [6, 6.07) is 28.1. The van der Waals surface area contributed by atoms with Crippen molar-refractivity contribution in [1.29, 1.82) is 0 Å². The van der Waals surface area contributed by atoms with E-state index in [2.05, 4.69) is 5.32 Å². The predicted octanol–water partition coefficient (Wildman–Crippen LogP) is 7.16. The van der Waals surface area contributed by atoms with Gasteiger partial charge >= 0.3 is 0 Å².